The van der Waals surface area contributed by atoms with Gasteiger partial charge in [-0.1, -0.05) is 0 Å². The molecule has 0 unspecified atom stereocenters. The van der Waals surface area contributed by atoms with Crippen molar-refractivity contribution in [3.8, 4) is 0 Å². The third-order valence-electron chi connectivity index (χ3n) is 4.71. The van der Waals surface area contributed by atoms with Gasteiger partial charge in [-0.3, -0.25) is 0 Å². The minimum atomic E-state index is 0.130. The molecular weight excluding hydrogens is 510 g/mol. The average Bonchev–Trinajstić information content (AvgIpc) is 2.79. The molecule has 2 rings (SSSR count). The third-order valence-corrected chi connectivity index (χ3v) is 12.0. The summed E-state index contributed by atoms with van der Waals surface area (Å²) in [6.45, 7) is 6.88. The molecule has 0 aliphatic carbocycles. The zero-order valence-corrected chi connectivity index (χ0v) is 21.9. The van der Waals surface area contributed by atoms with Crippen molar-refractivity contribution in [1.29, 1.82) is 0 Å². The van der Waals surface area contributed by atoms with E-state index in [1.165, 1.54) is 20.1 Å². The van der Waals surface area contributed by atoms with Crippen LogP contribution < -0.4 is 8.92 Å². The van der Waals surface area contributed by atoms with Crippen LogP contribution in [0.2, 0.25) is 0 Å². The van der Waals surface area contributed by atoms with E-state index in [2.05, 4.69) is 62.4 Å². The number of benzene rings is 2. The van der Waals surface area contributed by atoms with E-state index >= 15 is 0 Å². The van der Waals surface area contributed by atoms with Crippen molar-refractivity contribution in [3.63, 3.8) is 0 Å². The van der Waals surface area contributed by atoms with Gasteiger partial charge in [-0.05, 0) is 0 Å². The Balaban J connectivity index is 2.12. The molecule has 2 atom stereocenters. The molecule has 0 heterocycles. The predicted molar refractivity (Wildman–Crippen MR) is 125 cm³/mol. The van der Waals surface area contributed by atoms with Gasteiger partial charge in [-0.2, -0.15) is 0 Å². The number of methoxy groups -OCH3 is 2. The van der Waals surface area contributed by atoms with Gasteiger partial charge in [-0.15, -0.1) is 0 Å². The van der Waals surface area contributed by atoms with Crippen LogP contribution in [0.1, 0.15) is 50.0 Å². The first kappa shape index (κ1) is 25.6. The van der Waals surface area contributed by atoms with Crippen LogP contribution in [0.25, 0.3) is 0 Å². The molecule has 0 amide bonds. The topological polar surface area (TPSA) is 36.9 Å². The Morgan fingerprint density at radius 1 is 0.633 bits per heavy atom. The number of hydrogen-bond donors (Lipinski definition) is 0. The first-order valence-corrected chi connectivity index (χ1v) is 16.5. The van der Waals surface area contributed by atoms with E-state index in [4.69, 9.17) is 18.9 Å². The summed E-state index contributed by atoms with van der Waals surface area (Å²) in [7, 11) is 3.42. The molecule has 0 radical (unpaired) electrons. The van der Waals surface area contributed by atoms with Crippen molar-refractivity contribution in [2.45, 2.75) is 38.9 Å². The molecule has 6 heteroatoms. The van der Waals surface area contributed by atoms with Crippen molar-refractivity contribution in [2.24, 2.45) is 0 Å². The van der Waals surface area contributed by atoms with Crippen molar-refractivity contribution in [1.82, 2.24) is 0 Å². The van der Waals surface area contributed by atoms with Crippen molar-refractivity contribution in [3.05, 3.63) is 59.7 Å². The summed E-state index contributed by atoms with van der Waals surface area (Å²) >= 11 is 0.755. The van der Waals surface area contributed by atoms with Crippen molar-refractivity contribution >= 4 is 35.2 Å². The van der Waals surface area contributed by atoms with Gasteiger partial charge in [0.1, 0.15) is 0 Å². The van der Waals surface area contributed by atoms with Gasteiger partial charge in [0.25, 0.3) is 0 Å². The van der Waals surface area contributed by atoms with Crippen molar-refractivity contribution < 1.29 is 18.9 Å². The van der Waals surface area contributed by atoms with Crippen LogP contribution in [0.15, 0.2) is 48.5 Å². The second-order valence-electron chi connectivity index (χ2n) is 6.76. The first-order chi connectivity index (χ1) is 14.7. The van der Waals surface area contributed by atoms with Crippen LogP contribution in [-0.4, -0.2) is 66.9 Å². The zero-order valence-electron chi connectivity index (χ0n) is 18.5. The van der Waals surface area contributed by atoms with Crippen LogP contribution in [0.4, 0.5) is 0 Å². The van der Waals surface area contributed by atoms with Gasteiger partial charge < -0.3 is 0 Å². The zero-order chi connectivity index (χ0) is 21.6. The van der Waals surface area contributed by atoms with E-state index in [1.54, 1.807) is 14.2 Å². The van der Waals surface area contributed by atoms with Crippen LogP contribution in [0.3, 0.4) is 0 Å². The fourth-order valence-corrected chi connectivity index (χ4v) is 10.6. The Hall–Kier alpha value is -0.681. The first-order valence-electron chi connectivity index (χ1n) is 10.5. The summed E-state index contributed by atoms with van der Waals surface area (Å²) in [6, 6.07) is 17.5. The van der Waals surface area contributed by atoms with Gasteiger partial charge in [0.2, 0.25) is 0 Å². The summed E-state index contributed by atoms with van der Waals surface area (Å²) in [6.07, 6.45) is 2.19. The fourth-order valence-electron chi connectivity index (χ4n) is 3.14. The second kappa shape index (κ2) is 15.2. The van der Waals surface area contributed by atoms with E-state index in [1.807, 2.05) is 0 Å². The average molecular weight is 544 g/mol. The summed E-state index contributed by atoms with van der Waals surface area (Å²) in [5.41, 5.74) is 2.66. The summed E-state index contributed by atoms with van der Waals surface area (Å²) in [5.74, 6) is 0. The van der Waals surface area contributed by atoms with Gasteiger partial charge in [0, 0.05) is 0 Å². The minimum absolute atomic E-state index is 0.130. The van der Waals surface area contributed by atoms with Gasteiger partial charge in [-0.25, -0.2) is 0 Å². The molecule has 166 valence electrons. The monoisotopic (exact) mass is 546 g/mol. The molecule has 0 aromatic heterocycles. The molecule has 0 aliphatic heterocycles. The molecular formula is C24H34O4Se2. The van der Waals surface area contributed by atoms with E-state index in [0.29, 0.717) is 52.7 Å². The van der Waals surface area contributed by atoms with Crippen LogP contribution >= 0.6 is 0 Å². The Morgan fingerprint density at radius 3 is 1.40 bits per heavy atom. The third kappa shape index (κ3) is 8.11. The summed E-state index contributed by atoms with van der Waals surface area (Å²) in [4.78, 5) is 0. The summed E-state index contributed by atoms with van der Waals surface area (Å²) < 4.78 is 25.4. The normalized spacial score (nSPS) is 13.3. The number of hydrogen-bond acceptors (Lipinski definition) is 4. The van der Waals surface area contributed by atoms with E-state index in [-0.39, 0.29) is 12.2 Å². The molecule has 0 saturated heterocycles. The van der Waals surface area contributed by atoms with Crippen LogP contribution in [-0.2, 0) is 18.9 Å². The molecule has 0 saturated carbocycles. The standard InChI is InChI=1S/C24H34O4Se2/c1-5-21(27-17-15-25-3)19-11-7-9-13-23(19)29-30-24-14-10-8-12-20(24)22(6-2)28-18-16-26-4/h7-14,21-22H,5-6,15-18H2,1-4H3/t21-,22-/m0/s1. The Bertz CT molecular complexity index is 664. The SMILES string of the molecule is CC[C@H](OCCOC)c1ccccc1[Se][Se]c1ccccc1[C@H](CC)OCCOC. The molecule has 0 spiro atoms. The number of ether oxygens (including phenoxy) is 4. The molecule has 0 bridgehead atoms. The Morgan fingerprint density at radius 2 is 1.03 bits per heavy atom. The predicted octanol–water partition coefficient (Wildman–Crippen LogP) is 3.19. The van der Waals surface area contributed by atoms with Crippen molar-refractivity contribution in [2.75, 3.05) is 40.6 Å². The Labute approximate surface area is 192 Å². The fraction of sp³-hybridized carbons (Fsp3) is 0.500. The molecule has 2 aromatic carbocycles. The molecule has 0 aliphatic rings. The van der Waals surface area contributed by atoms with Gasteiger partial charge in [0.15, 0.2) is 0 Å². The van der Waals surface area contributed by atoms with Gasteiger partial charge in [0.05, 0.1) is 0 Å². The van der Waals surface area contributed by atoms with E-state index < -0.39 is 0 Å². The number of rotatable bonds is 15. The molecule has 0 N–H and O–H groups in total. The molecule has 4 nitrogen and oxygen atoms in total. The molecule has 0 fully saturated rings. The second-order valence-corrected chi connectivity index (χ2v) is 12.9. The van der Waals surface area contributed by atoms with Crippen LogP contribution in [0, 0.1) is 0 Å². The van der Waals surface area contributed by atoms with E-state index in [9.17, 15) is 0 Å². The summed E-state index contributed by atoms with van der Waals surface area (Å²) in [5, 5.41) is 0. The van der Waals surface area contributed by atoms with E-state index in [0.717, 1.165) is 12.8 Å². The van der Waals surface area contributed by atoms with Crippen LogP contribution in [0.5, 0.6) is 0 Å². The Kier molecular flexibility index (Phi) is 12.9. The molecule has 30 heavy (non-hydrogen) atoms. The molecule has 2 aromatic rings. The van der Waals surface area contributed by atoms with Gasteiger partial charge >= 0.3 is 193 Å². The quantitative estimate of drug-likeness (QED) is 0.255. The maximum absolute atomic E-state index is 6.10. The maximum atomic E-state index is 6.10.